The van der Waals surface area contributed by atoms with Crippen LogP contribution in [0.2, 0.25) is 0 Å². The fourth-order valence-electron chi connectivity index (χ4n) is 6.25. The Morgan fingerprint density at radius 2 is 2.00 bits per heavy atom. The van der Waals surface area contributed by atoms with Crippen LogP contribution in [0.25, 0.3) is 34.3 Å². The van der Waals surface area contributed by atoms with E-state index in [1.807, 2.05) is 41.8 Å². The number of ether oxygens (including phenoxy) is 3. The lowest BCUT2D eigenvalue weighted by atomic mass is 10.1. The Labute approximate surface area is 250 Å². The molecule has 1 saturated heterocycles. The molecule has 4 aromatic rings. The van der Waals surface area contributed by atoms with Crippen molar-refractivity contribution in [3.63, 3.8) is 0 Å². The van der Waals surface area contributed by atoms with Gasteiger partial charge in [0.15, 0.2) is 6.23 Å². The summed E-state index contributed by atoms with van der Waals surface area (Å²) < 4.78 is 24.4. The quantitative estimate of drug-likeness (QED) is 0.356. The maximum atomic E-state index is 9.91. The SMILES string of the molecule is CCOc1nn(CCO)c2c1/C=C\c1nn(C3CCCCO3)c3cnc(cc13)-c1cnn(C)c1O[C@@H](C)CN(C1CC1)C2. The molecule has 2 aliphatic heterocycles. The Balaban J connectivity index is 1.42. The van der Waals surface area contributed by atoms with Gasteiger partial charge in [-0.15, -0.1) is 5.10 Å². The van der Waals surface area contributed by atoms with Crippen LogP contribution < -0.4 is 9.47 Å². The number of aliphatic hydroxyl groups excluding tert-OH is 1. The highest BCUT2D eigenvalue weighted by Crippen LogP contribution is 2.36. The monoisotopic (exact) mass is 588 g/mol. The molecule has 43 heavy (non-hydrogen) atoms. The largest absolute Gasteiger partial charge is 0.476 e. The standard InChI is InChI=1S/C31H40N8O4/c1-4-41-30-22-10-11-25-23-15-26(32-17-27(23)39(34-25)29-7-5-6-14-42-29)24-16-33-36(3)31(24)43-20(2)18-37(21-8-9-21)19-28(22)38(35-30)12-13-40/h10-11,15-17,20-21,29,40H,4-9,12-14,18-19H2,1-3H3/b11-10-/t20-,29?/m0/s1. The Morgan fingerprint density at radius 3 is 2.77 bits per heavy atom. The van der Waals surface area contributed by atoms with E-state index >= 15 is 0 Å². The van der Waals surface area contributed by atoms with Gasteiger partial charge in [-0.1, -0.05) is 0 Å². The van der Waals surface area contributed by atoms with Gasteiger partial charge in [-0.3, -0.25) is 14.6 Å². The molecule has 1 unspecified atom stereocenters. The van der Waals surface area contributed by atoms with Crippen LogP contribution in [0.3, 0.4) is 0 Å². The van der Waals surface area contributed by atoms with Crippen molar-refractivity contribution in [3.05, 3.63) is 35.4 Å². The summed E-state index contributed by atoms with van der Waals surface area (Å²) in [6.07, 6.45) is 12.9. The molecule has 1 aliphatic carbocycles. The summed E-state index contributed by atoms with van der Waals surface area (Å²) in [5.41, 5.74) is 5.27. The van der Waals surface area contributed by atoms with Crippen LogP contribution in [0.4, 0.5) is 0 Å². The number of pyridine rings is 1. The molecule has 0 spiro atoms. The molecule has 0 amide bonds. The Kier molecular flexibility index (Phi) is 7.66. The third-order valence-corrected chi connectivity index (χ3v) is 8.50. The van der Waals surface area contributed by atoms with Crippen LogP contribution in [0.5, 0.6) is 11.8 Å². The summed E-state index contributed by atoms with van der Waals surface area (Å²) in [4.78, 5) is 7.34. The van der Waals surface area contributed by atoms with Crippen molar-refractivity contribution in [2.45, 2.75) is 77.4 Å². The first kappa shape index (κ1) is 28.1. The minimum atomic E-state index is -0.135. The minimum Gasteiger partial charge on any atom is -0.476 e. The average Bonchev–Trinajstić information content (AvgIpc) is 3.62. The van der Waals surface area contributed by atoms with E-state index in [1.165, 1.54) is 0 Å². The topological polar surface area (TPSA) is 118 Å². The zero-order valence-corrected chi connectivity index (χ0v) is 25.1. The molecule has 4 aromatic heterocycles. The van der Waals surface area contributed by atoms with Gasteiger partial charge in [0.05, 0.1) is 65.9 Å². The van der Waals surface area contributed by atoms with E-state index in [0.717, 1.165) is 84.4 Å². The number of aliphatic hydroxyl groups is 1. The molecule has 2 bridgehead atoms. The second kappa shape index (κ2) is 11.7. The van der Waals surface area contributed by atoms with Crippen molar-refractivity contribution in [2.24, 2.45) is 7.05 Å². The van der Waals surface area contributed by atoms with E-state index in [0.29, 0.717) is 37.5 Å². The number of hydrogen-bond acceptors (Lipinski definition) is 9. The van der Waals surface area contributed by atoms with Crippen molar-refractivity contribution in [3.8, 4) is 23.0 Å². The number of aromatic nitrogens is 7. The molecule has 6 heterocycles. The molecule has 1 saturated carbocycles. The van der Waals surface area contributed by atoms with Crippen molar-refractivity contribution in [2.75, 3.05) is 26.4 Å². The molecular weight excluding hydrogens is 548 g/mol. The summed E-state index contributed by atoms with van der Waals surface area (Å²) in [6.45, 7) is 7.04. The van der Waals surface area contributed by atoms with E-state index in [2.05, 4.69) is 29.1 Å². The molecule has 3 aliphatic rings. The molecule has 0 aromatic carbocycles. The van der Waals surface area contributed by atoms with Gasteiger partial charge >= 0.3 is 0 Å². The van der Waals surface area contributed by atoms with Gasteiger partial charge in [-0.25, -0.2) is 9.36 Å². The van der Waals surface area contributed by atoms with E-state index in [9.17, 15) is 5.11 Å². The van der Waals surface area contributed by atoms with Gasteiger partial charge in [0, 0.05) is 38.2 Å². The Hall–Kier alpha value is -3.74. The van der Waals surface area contributed by atoms with Crippen LogP contribution in [0, 0.1) is 0 Å². The lowest BCUT2D eigenvalue weighted by Crippen LogP contribution is -2.36. The molecular formula is C31H40N8O4. The summed E-state index contributed by atoms with van der Waals surface area (Å²) in [5.74, 6) is 1.25. The average molecular weight is 589 g/mol. The summed E-state index contributed by atoms with van der Waals surface area (Å²) in [6, 6.07) is 2.55. The van der Waals surface area contributed by atoms with Gasteiger partial charge in [0.1, 0.15) is 6.10 Å². The zero-order chi connectivity index (χ0) is 29.5. The van der Waals surface area contributed by atoms with E-state index in [4.69, 9.17) is 29.4 Å². The van der Waals surface area contributed by atoms with Crippen molar-refractivity contribution >= 4 is 23.1 Å². The second-order valence-electron chi connectivity index (χ2n) is 11.7. The molecule has 12 nitrogen and oxygen atoms in total. The molecule has 228 valence electrons. The first-order valence-corrected chi connectivity index (χ1v) is 15.5. The maximum Gasteiger partial charge on any atom is 0.240 e. The summed E-state index contributed by atoms with van der Waals surface area (Å²) >= 11 is 0. The summed E-state index contributed by atoms with van der Waals surface area (Å²) in [7, 11) is 1.90. The predicted octanol–water partition coefficient (Wildman–Crippen LogP) is 4.03. The van der Waals surface area contributed by atoms with Crippen molar-refractivity contribution in [1.82, 2.24) is 39.2 Å². The van der Waals surface area contributed by atoms with Crippen LogP contribution in [0.15, 0.2) is 18.5 Å². The maximum absolute atomic E-state index is 9.91. The number of hydrogen-bond donors (Lipinski definition) is 1. The molecule has 7 rings (SSSR count). The smallest absolute Gasteiger partial charge is 0.240 e. The normalized spacial score (nSPS) is 22.0. The van der Waals surface area contributed by atoms with E-state index in [-0.39, 0.29) is 18.9 Å². The highest BCUT2D eigenvalue weighted by molar-refractivity contribution is 5.92. The zero-order valence-electron chi connectivity index (χ0n) is 25.1. The molecule has 2 atom stereocenters. The van der Waals surface area contributed by atoms with E-state index < -0.39 is 0 Å². The van der Waals surface area contributed by atoms with Gasteiger partial charge < -0.3 is 19.3 Å². The molecule has 2 fully saturated rings. The highest BCUT2D eigenvalue weighted by atomic mass is 16.5. The lowest BCUT2D eigenvalue weighted by molar-refractivity contribution is -0.0367. The summed E-state index contributed by atoms with van der Waals surface area (Å²) in [5, 5.41) is 25.3. The van der Waals surface area contributed by atoms with Crippen LogP contribution >= 0.6 is 0 Å². The van der Waals surface area contributed by atoms with Gasteiger partial charge in [-0.2, -0.15) is 10.2 Å². The fraction of sp³-hybridized carbons (Fsp3) is 0.548. The molecule has 12 heteroatoms. The van der Waals surface area contributed by atoms with Crippen LogP contribution in [-0.4, -0.2) is 82.8 Å². The van der Waals surface area contributed by atoms with Crippen LogP contribution in [-0.2, 0) is 24.9 Å². The van der Waals surface area contributed by atoms with Gasteiger partial charge in [0.25, 0.3) is 0 Å². The van der Waals surface area contributed by atoms with Gasteiger partial charge in [-0.05, 0) is 64.2 Å². The number of rotatable bonds is 6. The first-order valence-electron chi connectivity index (χ1n) is 15.5. The Bertz CT molecular complexity index is 1630. The third-order valence-electron chi connectivity index (χ3n) is 8.50. The second-order valence-corrected chi connectivity index (χ2v) is 11.7. The first-order chi connectivity index (χ1) is 21.0. The number of fused-ring (bicyclic) bond motifs is 4. The Morgan fingerprint density at radius 1 is 1.12 bits per heavy atom. The molecule has 0 radical (unpaired) electrons. The fourth-order valence-corrected chi connectivity index (χ4v) is 6.25. The highest BCUT2D eigenvalue weighted by Gasteiger charge is 2.33. The number of aryl methyl sites for hydroxylation is 1. The number of nitrogens with zero attached hydrogens (tertiary/aromatic N) is 8. The van der Waals surface area contributed by atoms with E-state index in [1.54, 1.807) is 4.68 Å². The predicted molar refractivity (Wildman–Crippen MR) is 162 cm³/mol. The van der Waals surface area contributed by atoms with Crippen LogP contribution in [0.1, 0.15) is 69.1 Å². The van der Waals surface area contributed by atoms with Crippen molar-refractivity contribution < 1.29 is 19.3 Å². The minimum absolute atomic E-state index is 0.0121. The third kappa shape index (κ3) is 5.43. The molecule has 1 N–H and O–H groups in total. The van der Waals surface area contributed by atoms with Gasteiger partial charge in [0.2, 0.25) is 11.8 Å². The van der Waals surface area contributed by atoms with Crippen molar-refractivity contribution in [1.29, 1.82) is 0 Å². The lowest BCUT2D eigenvalue weighted by Gasteiger charge is -2.27.